The number of anilines is 1. The summed E-state index contributed by atoms with van der Waals surface area (Å²) in [4.78, 5) is 6.80. The van der Waals surface area contributed by atoms with Gasteiger partial charge >= 0.3 is 0 Å². The van der Waals surface area contributed by atoms with Gasteiger partial charge in [-0.15, -0.1) is 11.3 Å². The van der Waals surface area contributed by atoms with Gasteiger partial charge in [0.15, 0.2) is 5.13 Å². The smallest absolute Gasteiger partial charge is 0.185 e. The first-order chi connectivity index (χ1) is 9.70. The van der Waals surface area contributed by atoms with Crippen molar-refractivity contribution in [3.63, 3.8) is 0 Å². The molecule has 0 fully saturated rings. The van der Waals surface area contributed by atoms with Crippen molar-refractivity contribution in [2.24, 2.45) is 0 Å². The zero-order valence-electron chi connectivity index (χ0n) is 12.1. The van der Waals surface area contributed by atoms with Crippen LogP contribution < -0.4 is 4.90 Å². The Hall–Kier alpha value is -1.39. The summed E-state index contributed by atoms with van der Waals surface area (Å²) in [5, 5.41) is 13.3. The maximum Gasteiger partial charge on any atom is 0.185 e. The zero-order chi connectivity index (χ0) is 14.4. The zero-order valence-corrected chi connectivity index (χ0v) is 12.9. The Balaban J connectivity index is 1.95. The third kappa shape index (κ3) is 4.05. The molecule has 108 valence electrons. The summed E-state index contributed by atoms with van der Waals surface area (Å²) >= 11 is 1.65. The molecule has 0 bridgehead atoms. The van der Waals surface area contributed by atoms with Gasteiger partial charge in [-0.05, 0) is 12.0 Å². The van der Waals surface area contributed by atoms with Crippen LogP contribution in [0.15, 0.2) is 35.7 Å². The summed E-state index contributed by atoms with van der Waals surface area (Å²) in [7, 11) is 2.08. The van der Waals surface area contributed by atoms with Gasteiger partial charge in [-0.25, -0.2) is 4.98 Å². The van der Waals surface area contributed by atoms with Crippen molar-refractivity contribution in [2.75, 3.05) is 18.5 Å². The minimum absolute atomic E-state index is 0.480. The molecule has 1 aromatic heterocycles. The van der Waals surface area contributed by atoms with Gasteiger partial charge < -0.3 is 10.0 Å². The number of aliphatic hydroxyl groups excluding tert-OH is 1. The van der Waals surface area contributed by atoms with E-state index in [4.69, 9.17) is 0 Å². The van der Waals surface area contributed by atoms with Gasteiger partial charge in [0.25, 0.3) is 0 Å². The Morgan fingerprint density at radius 3 is 2.75 bits per heavy atom. The highest BCUT2D eigenvalue weighted by atomic mass is 32.1. The second-order valence-electron chi connectivity index (χ2n) is 5.03. The fourth-order valence-electron chi connectivity index (χ4n) is 2.05. The third-order valence-corrected chi connectivity index (χ3v) is 4.30. The molecule has 0 aliphatic rings. The summed E-state index contributed by atoms with van der Waals surface area (Å²) in [6.07, 6.45) is 2.46. The highest BCUT2D eigenvalue weighted by Gasteiger charge is 2.12. The predicted octanol–water partition coefficient (Wildman–Crippen LogP) is 3.66. The van der Waals surface area contributed by atoms with Gasteiger partial charge in [0.1, 0.15) is 0 Å². The van der Waals surface area contributed by atoms with Crippen LogP contribution in [0.5, 0.6) is 0 Å². The molecule has 20 heavy (non-hydrogen) atoms. The molecule has 3 nitrogen and oxygen atoms in total. The molecule has 0 radical (unpaired) electrons. The SMILES string of the molecule is CCCCN(C)c1nc(CC(O)c2ccccc2)cs1. The van der Waals surface area contributed by atoms with E-state index in [-0.39, 0.29) is 0 Å². The Labute approximate surface area is 124 Å². The second-order valence-corrected chi connectivity index (χ2v) is 5.86. The first kappa shape index (κ1) is 15.0. The largest absolute Gasteiger partial charge is 0.388 e. The quantitative estimate of drug-likeness (QED) is 0.845. The molecule has 1 atom stereocenters. The summed E-state index contributed by atoms with van der Waals surface area (Å²) in [6.45, 7) is 3.22. The van der Waals surface area contributed by atoms with Crippen LogP contribution in [0.1, 0.15) is 37.1 Å². The molecule has 0 saturated carbocycles. The summed E-state index contributed by atoms with van der Waals surface area (Å²) < 4.78 is 0. The van der Waals surface area contributed by atoms with Crippen molar-refractivity contribution in [2.45, 2.75) is 32.3 Å². The molecular formula is C16H22N2OS. The Morgan fingerprint density at radius 2 is 2.05 bits per heavy atom. The lowest BCUT2D eigenvalue weighted by atomic mass is 10.1. The third-order valence-electron chi connectivity index (χ3n) is 3.30. The van der Waals surface area contributed by atoms with E-state index in [9.17, 15) is 5.11 Å². The normalized spacial score (nSPS) is 12.3. The number of aliphatic hydroxyl groups is 1. The van der Waals surface area contributed by atoms with E-state index >= 15 is 0 Å². The first-order valence-electron chi connectivity index (χ1n) is 7.09. The number of unbranched alkanes of at least 4 members (excludes halogenated alkanes) is 1. The monoisotopic (exact) mass is 290 g/mol. The molecule has 1 N–H and O–H groups in total. The molecular weight excluding hydrogens is 268 g/mol. The van der Waals surface area contributed by atoms with Crippen LogP contribution in [0.4, 0.5) is 5.13 Å². The lowest BCUT2D eigenvalue weighted by Crippen LogP contribution is -2.18. The van der Waals surface area contributed by atoms with Crippen molar-refractivity contribution >= 4 is 16.5 Å². The van der Waals surface area contributed by atoms with Crippen molar-refractivity contribution in [3.05, 3.63) is 47.0 Å². The van der Waals surface area contributed by atoms with E-state index in [0.717, 1.165) is 22.9 Å². The number of rotatable bonds is 7. The molecule has 4 heteroatoms. The number of benzene rings is 1. The molecule has 0 aliphatic carbocycles. The second kappa shape index (κ2) is 7.41. The van der Waals surface area contributed by atoms with Crippen LogP contribution in [-0.2, 0) is 6.42 Å². The molecule has 2 rings (SSSR count). The maximum absolute atomic E-state index is 10.2. The van der Waals surface area contributed by atoms with Crippen molar-refractivity contribution < 1.29 is 5.11 Å². The minimum atomic E-state index is -0.480. The van der Waals surface area contributed by atoms with E-state index in [2.05, 4.69) is 23.9 Å². The van der Waals surface area contributed by atoms with Crippen LogP contribution >= 0.6 is 11.3 Å². The van der Waals surface area contributed by atoms with Crippen molar-refractivity contribution in [1.82, 2.24) is 4.98 Å². The molecule has 0 saturated heterocycles. The first-order valence-corrected chi connectivity index (χ1v) is 7.97. The lowest BCUT2D eigenvalue weighted by molar-refractivity contribution is 0.177. The fourth-order valence-corrected chi connectivity index (χ4v) is 2.88. The molecule has 1 aromatic carbocycles. The minimum Gasteiger partial charge on any atom is -0.388 e. The molecule has 0 spiro atoms. The number of hydrogen-bond donors (Lipinski definition) is 1. The van der Waals surface area contributed by atoms with Crippen LogP contribution in [0.2, 0.25) is 0 Å². The lowest BCUT2D eigenvalue weighted by Gasteiger charge is -2.14. The molecule has 2 aromatic rings. The number of thiazole rings is 1. The Kier molecular flexibility index (Phi) is 5.56. The average molecular weight is 290 g/mol. The average Bonchev–Trinajstić information content (AvgIpc) is 2.94. The summed E-state index contributed by atoms with van der Waals surface area (Å²) in [5.41, 5.74) is 1.91. The van der Waals surface area contributed by atoms with E-state index < -0.39 is 6.10 Å². The highest BCUT2D eigenvalue weighted by molar-refractivity contribution is 7.13. The van der Waals surface area contributed by atoms with Crippen LogP contribution in [0.3, 0.4) is 0 Å². The van der Waals surface area contributed by atoms with Crippen LogP contribution in [-0.4, -0.2) is 23.7 Å². The summed E-state index contributed by atoms with van der Waals surface area (Å²) in [6, 6.07) is 9.75. The number of hydrogen-bond acceptors (Lipinski definition) is 4. The Bertz CT molecular complexity index is 512. The van der Waals surface area contributed by atoms with Crippen LogP contribution in [0.25, 0.3) is 0 Å². The number of aromatic nitrogens is 1. The van der Waals surface area contributed by atoms with Gasteiger partial charge in [0, 0.05) is 25.4 Å². The van der Waals surface area contributed by atoms with Crippen molar-refractivity contribution in [1.29, 1.82) is 0 Å². The summed E-state index contributed by atoms with van der Waals surface area (Å²) in [5.74, 6) is 0. The van der Waals surface area contributed by atoms with E-state index in [1.54, 1.807) is 11.3 Å². The fraction of sp³-hybridized carbons (Fsp3) is 0.438. The van der Waals surface area contributed by atoms with E-state index in [1.807, 2.05) is 35.7 Å². The standard InChI is InChI=1S/C16H22N2OS/c1-3-4-10-18(2)16-17-14(12-20-16)11-15(19)13-8-6-5-7-9-13/h5-9,12,15,19H,3-4,10-11H2,1-2H3. The highest BCUT2D eigenvalue weighted by Crippen LogP contribution is 2.24. The predicted molar refractivity (Wildman–Crippen MR) is 85.4 cm³/mol. The van der Waals surface area contributed by atoms with Gasteiger partial charge in [-0.2, -0.15) is 0 Å². The van der Waals surface area contributed by atoms with Gasteiger partial charge in [-0.1, -0.05) is 43.7 Å². The van der Waals surface area contributed by atoms with E-state index in [1.165, 1.54) is 12.8 Å². The van der Waals surface area contributed by atoms with Gasteiger partial charge in [0.05, 0.1) is 11.8 Å². The topological polar surface area (TPSA) is 36.4 Å². The van der Waals surface area contributed by atoms with Crippen LogP contribution in [0, 0.1) is 0 Å². The van der Waals surface area contributed by atoms with Crippen molar-refractivity contribution in [3.8, 4) is 0 Å². The Morgan fingerprint density at radius 1 is 1.30 bits per heavy atom. The van der Waals surface area contributed by atoms with Gasteiger partial charge in [-0.3, -0.25) is 0 Å². The molecule has 0 aliphatic heterocycles. The molecule has 0 amide bonds. The van der Waals surface area contributed by atoms with Gasteiger partial charge in [0.2, 0.25) is 0 Å². The van der Waals surface area contributed by atoms with E-state index in [0.29, 0.717) is 6.42 Å². The maximum atomic E-state index is 10.2. The number of nitrogens with zero attached hydrogens (tertiary/aromatic N) is 2. The molecule has 1 heterocycles. The molecule has 1 unspecified atom stereocenters.